The van der Waals surface area contributed by atoms with Crippen LogP contribution in [0.2, 0.25) is 0 Å². The molecule has 0 bridgehead atoms. The van der Waals surface area contributed by atoms with Crippen LogP contribution in [-0.4, -0.2) is 0 Å². The van der Waals surface area contributed by atoms with Gasteiger partial charge in [0, 0.05) is 37.1 Å². The third-order valence-electron chi connectivity index (χ3n) is 14.0. The van der Waals surface area contributed by atoms with Gasteiger partial charge in [0.05, 0.1) is 11.1 Å². The van der Waals surface area contributed by atoms with E-state index >= 15 is 0 Å². The molecular weight excluding hydrogens is 827 g/mol. The van der Waals surface area contributed by atoms with E-state index in [1.807, 2.05) is 11.3 Å². The van der Waals surface area contributed by atoms with Crippen molar-refractivity contribution in [2.45, 2.75) is 5.41 Å². The molecular formula is C65H43NS. The van der Waals surface area contributed by atoms with Crippen molar-refractivity contribution in [2.75, 3.05) is 4.90 Å². The molecule has 1 heterocycles. The molecule has 1 aliphatic carbocycles. The van der Waals surface area contributed by atoms with Gasteiger partial charge in [0.15, 0.2) is 0 Å². The predicted molar refractivity (Wildman–Crippen MR) is 285 cm³/mol. The predicted octanol–water partition coefficient (Wildman–Crippen LogP) is 18.0. The molecule has 314 valence electrons. The second-order valence-corrected chi connectivity index (χ2v) is 18.6. The molecule has 1 aliphatic rings. The topological polar surface area (TPSA) is 3.24 Å². The highest BCUT2D eigenvalue weighted by Crippen LogP contribution is 2.57. The minimum atomic E-state index is -0.533. The molecule has 67 heavy (non-hydrogen) atoms. The molecule has 0 saturated carbocycles. The van der Waals surface area contributed by atoms with Crippen molar-refractivity contribution in [3.05, 3.63) is 283 Å². The first kappa shape index (κ1) is 39.1. The summed E-state index contributed by atoms with van der Waals surface area (Å²) >= 11 is 1.88. The maximum Gasteiger partial charge on any atom is 0.0714 e. The Hall–Kier alpha value is -8.30. The number of benzene rings is 11. The van der Waals surface area contributed by atoms with E-state index in [4.69, 9.17) is 0 Å². The second kappa shape index (κ2) is 16.0. The van der Waals surface area contributed by atoms with Gasteiger partial charge in [-0.2, -0.15) is 0 Å². The molecule has 0 aliphatic heterocycles. The maximum absolute atomic E-state index is 2.48. The first-order chi connectivity index (χ1) is 33.2. The lowest BCUT2D eigenvalue weighted by Crippen LogP contribution is -2.28. The summed E-state index contributed by atoms with van der Waals surface area (Å²) in [6.45, 7) is 0. The number of fused-ring (bicyclic) bond motifs is 7. The standard InChI is InChI=1S/C65H43NS/c1-3-22-48(23-4-1)65(49-24-5-2-6-25-49)60-33-12-9-28-56(60)57-41-40-51(43-61(57)65)66(50-38-36-45(37-39-50)55-31-17-32-59-58-29-11-14-35-63(58)67-64(55)59)62-34-13-10-27-54(62)47-21-15-20-46(42-47)53-30-16-19-44-18-7-8-26-52(44)53/h1-43H. The Morgan fingerprint density at radius 1 is 0.313 bits per heavy atom. The van der Waals surface area contributed by atoms with Crippen LogP contribution in [0.3, 0.4) is 0 Å². The monoisotopic (exact) mass is 869 g/mol. The van der Waals surface area contributed by atoms with Crippen molar-refractivity contribution < 1.29 is 0 Å². The van der Waals surface area contributed by atoms with E-state index in [2.05, 4.69) is 266 Å². The zero-order chi connectivity index (χ0) is 44.3. The van der Waals surface area contributed by atoms with Gasteiger partial charge in [-0.1, -0.05) is 218 Å². The minimum Gasteiger partial charge on any atom is -0.310 e. The van der Waals surface area contributed by atoms with E-state index in [9.17, 15) is 0 Å². The van der Waals surface area contributed by atoms with Crippen LogP contribution in [-0.2, 0) is 5.41 Å². The van der Waals surface area contributed by atoms with Gasteiger partial charge in [0.2, 0.25) is 0 Å². The molecule has 0 atom stereocenters. The van der Waals surface area contributed by atoms with Crippen molar-refractivity contribution in [1.29, 1.82) is 0 Å². The normalized spacial score (nSPS) is 12.6. The number of hydrogen-bond donors (Lipinski definition) is 0. The van der Waals surface area contributed by atoms with Gasteiger partial charge >= 0.3 is 0 Å². The Kier molecular flexibility index (Phi) is 9.33. The third-order valence-corrected chi connectivity index (χ3v) is 15.2. The summed E-state index contributed by atoms with van der Waals surface area (Å²) in [7, 11) is 0. The van der Waals surface area contributed by atoms with E-state index in [-0.39, 0.29) is 0 Å². The van der Waals surface area contributed by atoms with Crippen molar-refractivity contribution in [3.8, 4) is 44.5 Å². The fourth-order valence-corrected chi connectivity index (χ4v) is 12.2. The number of anilines is 3. The van der Waals surface area contributed by atoms with Gasteiger partial charge in [-0.3, -0.25) is 0 Å². The molecule has 12 aromatic rings. The van der Waals surface area contributed by atoms with E-state index in [1.54, 1.807) is 0 Å². The number of rotatable bonds is 8. The van der Waals surface area contributed by atoms with Crippen LogP contribution in [0.1, 0.15) is 22.3 Å². The summed E-state index contributed by atoms with van der Waals surface area (Å²) in [6, 6.07) is 96.4. The maximum atomic E-state index is 2.48. The first-order valence-electron chi connectivity index (χ1n) is 23.1. The largest absolute Gasteiger partial charge is 0.310 e. The average Bonchev–Trinajstić information content (AvgIpc) is 3.93. The Bertz CT molecular complexity index is 3760. The molecule has 0 radical (unpaired) electrons. The average molecular weight is 870 g/mol. The minimum absolute atomic E-state index is 0.533. The van der Waals surface area contributed by atoms with E-state index in [0.717, 1.165) is 28.2 Å². The summed E-state index contributed by atoms with van der Waals surface area (Å²) in [4.78, 5) is 2.48. The lowest BCUT2D eigenvalue weighted by atomic mass is 9.67. The summed E-state index contributed by atoms with van der Waals surface area (Å²) < 4.78 is 2.63. The van der Waals surface area contributed by atoms with E-state index in [0.29, 0.717) is 0 Å². The van der Waals surface area contributed by atoms with Crippen LogP contribution in [0, 0.1) is 0 Å². The van der Waals surface area contributed by atoms with Crippen LogP contribution in [0.5, 0.6) is 0 Å². The highest BCUT2D eigenvalue weighted by molar-refractivity contribution is 7.26. The molecule has 0 fully saturated rings. The smallest absolute Gasteiger partial charge is 0.0714 e. The quantitative estimate of drug-likeness (QED) is 0.147. The summed E-state index contributed by atoms with van der Waals surface area (Å²) in [5.74, 6) is 0. The lowest BCUT2D eigenvalue weighted by Gasteiger charge is -2.35. The van der Waals surface area contributed by atoms with Gasteiger partial charge in [-0.25, -0.2) is 0 Å². The SMILES string of the molecule is c1ccc(C2(c3ccccc3)c3ccccc3-c3ccc(N(c4ccc(-c5cccc6c5sc5ccccc56)cc4)c4ccccc4-c4cccc(-c5cccc6ccccc56)c4)cc32)cc1. The number of nitrogens with zero attached hydrogens (tertiary/aromatic N) is 1. The highest BCUT2D eigenvalue weighted by atomic mass is 32.1. The van der Waals surface area contributed by atoms with Crippen LogP contribution in [0.15, 0.2) is 261 Å². The number of hydrogen-bond acceptors (Lipinski definition) is 2. The molecule has 0 unspecified atom stereocenters. The van der Waals surface area contributed by atoms with Gasteiger partial charge < -0.3 is 4.90 Å². The molecule has 11 aromatic carbocycles. The molecule has 0 N–H and O–H groups in total. The van der Waals surface area contributed by atoms with Gasteiger partial charge in [0.1, 0.15) is 0 Å². The Balaban J connectivity index is 1.03. The Morgan fingerprint density at radius 3 is 1.67 bits per heavy atom. The van der Waals surface area contributed by atoms with Gasteiger partial charge in [-0.15, -0.1) is 11.3 Å². The molecule has 2 heteroatoms. The molecule has 1 nitrogen and oxygen atoms in total. The fraction of sp³-hybridized carbons (Fsp3) is 0.0154. The van der Waals surface area contributed by atoms with Crippen LogP contribution < -0.4 is 4.90 Å². The van der Waals surface area contributed by atoms with Crippen molar-refractivity contribution in [2.24, 2.45) is 0 Å². The lowest BCUT2D eigenvalue weighted by molar-refractivity contribution is 0.768. The summed E-state index contributed by atoms with van der Waals surface area (Å²) in [5.41, 5.74) is 17.6. The van der Waals surface area contributed by atoms with Crippen LogP contribution in [0.25, 0.3) is 75.5 Å². The Morgan fingerprint density at radius 2 is 0.866 bits per heavy atom. The van der Waals surface area contributed by atoms with E-state index < -0.39 is 5.41 Å². The Labute approximate surface area is 395 Å². The fourth-order valence-electron chi connectivity index (χ4n) is 11.0. The second-order valence-electron chi connectivity index (χ2n) is 17.5. The molecule has 0 amide bonds. The van der Waals surface area contributed by atoms with Crippen molar-refractivity contribution >= 4 is 59.3 Å². The van der Waals surface area contributed by atoms with Gasteiger partial charge in [-0.05, 0) is 114 Å². The van der Waals surface area contributed by atoms with Crippen LogP contribution >= 0.6 is 11.3 Å². The first-order valence-corrected chi connectivity index (χ1v) is 23.9. The zero-order valence-electron chi connectivity index (χ0n) is 36.7. The van der Waals surface area contributed by atoms with Gasteiger partial charge in [0.25, 0.3) is 0 Å². The molecule has 1 aromatic heterocycles. The zero-order valence-corrected chi connectivity index (χ0v) is 37.5. The van der Waals surface area contributed by atoms with Crippen molar-refractivity contribution in [3.63, 3.8) is 0 Å². The molecule has 0 saturated heterocycles. The molecule has 0 spiro atoms. The number of thiophene rings is 1. The van der Waals surface area contributed by atoms with Crippen LogP contribution in [0.4, 0.5) is 17.1 Å². The summed E-state index contributed by atoms with van der Waals surface area (Å²) in [5, 5.41) is 5.12. The van der Waals surface area contributed by atoms with E-state index in [1.165, 1.54) is 86.6 Å². The van der Waals surface area contributed by atoms with Crippen molar-refractivity contribution in [1.82, 2.24) is 0 Å². The highest BCUT2D eigenvalue weighted by Gasteiger charge is 2.46. The summed E-state index contributed by atoms with van der Waals surface area (Å²) in [6.07, 6.45) is 0. The molecule has 13 rings (SSSR count). The number of para-hydroxylation sites is 1. The third kappa shape index (κ3) is 6.29.